The molecule has 0 amide bonds. The number of rotatable bonds is 0. The van der Waals surface area contributed by atoms with Crippen molar-refractivity contribution in [3.8, 4) is 0 Å². The Morgan fingerprint density at radius 3 is 2.64 bits per heavy atom. The molecule has 4 heteroatoms. The number of nitrogens with zero attached hydrogens (tertiary/aromatic N) is 2. The average molecular weight is 193 g/mol. The number of H-pyrrole nitrogens is 1. The summed E-state index contributed by atoms with van der Waals surface area (Å²) in [5.41, 5.74) is 2.22. The maximum atomic E-state index is 11.1. The van der Waals surface area contributed by atoms with Gasteiger partial charge in [-0.1, -0.05) is 13.8 Å². The van der Waals surface area contributed by atoms with Crippen molar-refractivity contribution in [1.29, 1.82) is 0 Å². The van der Waals surface area contributed by atoms with E-state index in [9.17, 15) is 4.79 Å². The molecular weight excluding hydrogens is 178 g/mol. The molecule has 0 fully saturated rings. The zero-order valence-electron chi connectivity index (χ0n) is 8.96. The lowest BCUT2D eigenvalue weighted by Gasteiger charge is -1.91. The molecule has 1 N–H and O–H groups in total. The van der Waals surface area contributed by atoms with Crippen LogP contribution in [0.25, 0.3) is 5.65 Å². The van der Waals surface area contributed by atoms with E-state index in [0.717, 1.165) is 11.3 Å². The Morgan fingerprint density at radius 1 is 1.36 bits per heavy atom. The molecule has 0 atom stereocenters. The molecule has 0 spiro atoms. The number of nitrogens with one attached hydrogen (secondary N) is 1. The molecule has 0 aliphatic heterocycles. The summed E-state index contributed by atoms with van der Waals surface area (Å²) in [5, 5.41) is 4.07. The second-order valence-corrected chi connectivity index (χ2v) is 2.86. The molecule has 14 heavy (non-hydrogen) atoms. The van der Waals surface area contributed by atoms with Crippen LogP contribution in [0.2, 0.25) is 0 Å². The molecule has 2 rings (SSSR count). The minimum Gasteiger partial charge on any atom is -0.342 e. The molecule has 0 bridgehead atoms. The number of hydrogen-bond donors (Lipinski definition) is 1. The van der Waals surface area contributed by atoms with Crippen LogP contribution in [-0.2, 0) is 0 Å². The first kappa shape index (κ1) is 10.5. The number of aromatic nitrogens is 3. The highest BCUT2D eigenvalue weighted by Crippen LogP contribution is 1.98. The molecule has 0 aliphatic carbocycles. The smallest absolute Gasteiger partial charge is 0.205 e. The normalized spacial score (nSPS) is 9.71. The van der Waals surface area contributed by atoms with Crippen molar-refractivity contribution in [3.05, 3.63) is 33.9 Å². The van der Waals surface area contributed by atoms with Crippen LogP contribution < -0.4 is 5.43 Å². The summed E-state index contributed by atoms with van der Waals surface area (Å²) in [6, 6.07) is 1.55. The highest BCUT2D eigenvalue weighted by atomic mass is 16.1. The SMILES string of the molecule is CC.Cc1cn2nc(C)c(=O)cc2[nH]1. The Kier molecular flexibility index (Phi) is 3.06. The van der Waals surface area contributed by atoms with Gasteiger partial charge < -0.3 is 4.98 Å². The third-order valence-electron chi connectivity index (χ3n) is 1.77. The number of aromatic amines is 1. The Hall–Kier alpha value is -1.58. The highest BCUT2D eigenvalue weighted by molar-refractivity contribution is 5.38. The van der Waals surface area contributed by atoms with Crippen LogP contribution in [0.4, 0.5) is 0 Å². The molecule has 0 aliphatic rings. The van der Waals surface area contributed by atoms with E-state index in [-0.39, 0.29) is 5.43 Å². The van der Waals surface area contributed by atoms with Crippen molar-refractivity contribution in [2.75, 3.05) is 0 Å². The Labute approximate surface area is 82.6 Å². The van der Waals surface area contributed by atoms with Crippen molar-refractivity contribution in [1.82, 2.24) is 14.6 Å². The highest BCUT2D eigenvalue weighted by Gasteiger charge is 1.99. The van der Waals surface area contributed by atoms with E-state index in [4.69, 9.17) is 0 Å². The van der Waals surface area contributed by atoms with Crippen molar-refractivity contribution >= 4 is 5.65 Å². The Morgan fingerprint density at radius 2 is 2.00 bits per heavy atom. The number of imidazole rings is 1. The van der Waals surface area contributed by atoms with Gasteiger partial charge in [0.15, 0.2) is 0 Å². The maximum absolute atomic E-state index is 11.1. The summed E-state index contributed by atoms with van der Waals surface area (Å²) in [5.74, 6) is 0. The van der Waals surface area contributed by atoms with Crippen molar-refractivity contribution < 1.29 is 0 Å². The van der Waals surface area contributed by atoms with Gasteiger partial charge in [0.2, 0.25) is 5.43 Å². The number of aryl methyl sites for hydroxylation is 2. The first-order chi connectivity index (χ1) is 6.66. The topological polar surface area (TPSA) is 50.2 Å². The molecule has 0 saturated carbocycles. The monoisotopic (exact) mass is 193 g/mol. The van der Waals surface area contributed by atoms with Gasteiger partial charge in [-0.15, -0.1) is 0 Å². The lowest BCUT2D eigenvalue weighted by atomic mass is 10.4. The van der Waals surface area contributed by atoms with Crippen molar-refractivity contribution in [2.45, 2.75) is 27.7 Å². The molecule has 2 aromatic rings. The van der Waals surface area contributed by atoms with E-state index in [1.54, 1.807) is 17.5 Å². The lowest BCUT2D eigenvalue weighted by molar-refractivity contribution is 0.889. The largest absolute Gasteiger partial charge is 0.342 e. The summed E-state index contributed by atoms with van der Waals surface area (Å²) in [7, 11) is 0. The van der Waals surface area contributed by atoms with Crippen LogP contribution >= 0.6 is 0 Å². The first-order valence-corrected chi connectivity index (χ1v) is 4.73. The van der Waals surface area contributed by atoms with Crippen LogP contribution in [-0.4, -0.2) is 14.6 Å². The quantitative estimate of drug-likeness (QED) is 0.691. The summed E-state index contributed by atoms with van der Waals surface area (Å²) in [6.07, 6.45) is 1.85. The van der Waals surface area contributed by atoms with Gasteiger partial charge in [-0.05, 0) is 13.8 Å². The number of fused-ring (bicyclic) bond motifs is 1. The average Bonchev–Trinajstić information content (AvgIpc) is 2.49. The first-order valence-electron chi connectivity index (χ1n) is 4.73. The van der Waals surface area contributed by atoms with Crippen LogP contribution in [0.15, 0.2) is 17.1 Å². The molecule has 0 unspecified atom stereocenters. The molecule has 76 valence electrons. The Bertz CT molecular complexity index is 482. The van der Waals surface area contributed by atoms with Gasteiger partial charge in [0.25, 0.3) is 0 Å². The van der Waals surface area contributed by atoms with Gasteiger partial charge in [0.1, 0.15) is 11.3 Å². The summed E-state index contributed by atoms with van der Waals surface area (Å²) in [4.78, 5) is 14.2. The van der Waals surface area contributed by atoms with E-state index in [1.807, 2.05) is 27.0 Å². The van der Waals surface area contributed by atoms with Crippen molar-refractivity contribution in [2.24, 2.45) is 0 Å². The summed E-state index contributed by atoms with van der Waals surface area (Å²) < 4.78 is 1.67. The van der Waals surface area contributed by atoms with Gasteiger partial charge in [-0.3, -0.25) is 4.79 Å². The fraction of sp³-hybridized carbons (Fsp3) is 0.400. The van der Waals surface area contributed by atoms with Gasteiger partial charge in [-0.2, -0.15) is 5.10 Å². The summed E-state index contributed by atoms with van der Waals surface area (Å²) in [6.45, 7) is 7.63. The molecule has 4 nitrogen and oxygen atoms in total. The number of hydrogen-bond acceptors (Lipinski definition) is 2. The van der Waals surface area contributed by atoms with E-state index >= 15 is 0 Å². The molecular formula is C10H15N3O. The van der Waals surface area contributed by atoms with E-state index in [1.165, 1.54) is 0 Å². The second kappa shape index (κ2) is 4.09. The zero-order chi connectivity index (χ0) is 10.7. The second-order valence-electron chi connectivity index (χ2n) is 2.86. The van der Waals surface area contributed by atoms with Gasteiger partial charge in [0, 0.05) is 18.0 Å². The molecule has 0 radical (unpaired) electrons. The minimum absolute atomic E-state index is 0.0307. The summed E-state index contributed by atoms with van der Waals surface area (Å²) >= 11 is 0. The van der Waals surface area contributed by atoms with Gasteiger partial charge >= 0.3 is 0 Å². The minimum atomic E-state index is -0.0307. The zero-order valence-corrected chi connectivity index (χ0v) is 8.96. The van der Waals surface area contributed by atoms with E-state index in [2.05, 4.69) is 10.1 Å². The van der Waals surface area contributed by atoms with Gasteiger partial charge in [0.05, 0.1) is 0 Å². The Balaban J connectivity index is 0.000000461. The molecule has 2 aromatic heterocycles. The van der Waals surface area contributed by atoms with Crippen LogP contribution in [0.3, 0.4) is 0 Å². The molecule has 2 heterocycles. The fourth-order valence-corrected chi connectivity index (χ4v) is 1.17. The standard InChI is InChI=1S/C8H9N3O.C2H6/c1-5-4-11-8(9-5)3-7(12)6(2)10-11;1-2/h3-4,9H,1-2H3;1-2H3. The fourth-order valence-electron chi connectivity index (χ4n) is 1.17. The van der Waals surface area contributed by atoms with Crippen molar-refractivity contribution in [3.63, 3.8) is 0 Å². The van der Waals surface area contributed by atoms with E-state index < -0.39 is 0 Å². The maximum Gasteiger partial charge on any atom is 0.205 e. The third kappa shape index (κ3) is 1.84. The van der Waals surface area contributed by atoms with Crippen LogP contribution in [0, 0.1) is 13.8 Å². The lowest BCUT2D eigenvalue weighted by Crippen LogP contribution is -2.09. The predicted molar refractivity (Wildman–Crippen MR) is 56.6 cm³/mol. The third-order valence-corrected chi connectivity index (χ3v) is 1.77. The molecule has 0 saturated heterocycles. The van der Waals surface area contributed by atoms with Crippen LogP contribution in [0.1, 0.15) is 25.2 Å². The van der Waals surface area contributed by atoms with E-state index in [0.29, 0.717) is 5.69 Å². The molecule has 0 aromatic carbocycles. The predicted octanol–water partition coefficient (Wildman–Crippen LogP) is 1.67. The van der Waals surface area contributed by atoms with Gasteiger partial charge in [-0.25, -0.2) is 4.52 Å². The van der Waals surface area contributed by atoms with Crippen LogP contribution in [0.5, 0.6) is 0 Å².